The minimum Gasteiger partial charge on any atom is -0.467 e. The summed E-state index contributed by atoms with van der Waals surface area (Å²) in [6, 6.07) is 16.5. The summed E-state index contributed by atoms with van der Waals surface area (Å²) in [5.41, 5.74) is 0.0805. The van der Waals surface area contributed by atoms with Gasteiger partial charge in [0.05, 0.1) is 23.9 Å². The normalized spacial score (nSPS) is 11.4. The number of pyridine rings is 1. The van der Waals surface area contributed by atoms with Crippen molar-refractivity contribution >= 4 is 21.9 Å². The molecule has 7 heteroatoms. The molecule has 0 radical (unpaired) electrons. The van der Waals surface area contributed by atoms with Crippen molar-refractivity contribution < 1.29 is 8.81 Å². The van der Waals surface area contributed by atoms with Gasteiger partial charge in [0.25, 0.3) is 5.56 Å². The van der Waals surface area contributed by atoms with E-state index in [4.69, 9.17) is 4.42 Å². The van der Waals surface area contributed by atoms with Crippen molar-refractivity contribution in [2.75, 3.05) is 0 Å². The number of aryl methyl sites for hydroxylation is 1. The predicted octanol–water partition coefficient (Wildman–Crippen LogP) is 3.70. The van der Waals surface area contributed by atoms with E-state index in [9.17, 15) is 14.0 Å². The molecule has 0 unspecified atom stereocenters. The molecular formula is C23H16FN3O3. The second-order valence-corrected chi connectivity index (χ2v) is 6.99. The summed E-state index contributed by atoms with van der Waals surface area (Å²) in [5.74, 6) is 0.114. The van der Waals surface area contributed by atoms with Crippen molar-refractivity contribution in [3.63, 3.8) is 0 Å². The number of halogens is 1. The largest absolute Gasteiger partial charge is 0.467 e. The molecule has 6 nitrogen and oxygen atoms in total. The number of benzene rings is 2. The molecule has 5 aromatic rings. The Morgan fingerprint density at radius 3 is 2.53 bits per heavy atom. The van der Waals surface area contributed by atoms with Gasteiger partial charge in [0, 0.05) is 12.4 Å². The second-order valence-electron chi connectivity index (χ2n) is 6.99. The Labute approximate surface area is 169 Å². The van der Waals surface area contributed by atoms with Gasteiger partial charge in [-0.2, -0.15) is 0 Å². The topological polar surface area (TPSA) is 70.0 Å². The second kappa shape index (κ2) is 6.81. The highest BCUT2D eigenvalue weighted by Crippen LogP contribution is 2.23. The van der Waals surface area contributed by atoms with E-state index >= 15 is 0 Å². The Hall–Kier alpha value is -4.00. The van der Waals surface area contributed by atoms with Crippen LogP contribution in [0.5, 0.6) is 0 Å². The first-order chi connectivity index (χ1) is 14.6. The molecule has 0 saturated heterocycles. The number of para-hydroxylation sites is 1. The molecule has 0 aliphatic heterocycles. The summed E-state index contributed by atoms with van der Waals surface area (Å²) in [5, 5.41) is 0.387. The Morgan fingerprint density at radius 1 is 1.00 bits per heavy atom. The van der Waals surface area contributed by atoms with Crippen LogP contribution in [0.4, 0.5) is 4.39 Å². The van der Waals surface area contributed by atoms with Gasteiger partial charge in [-0.3, -0.25) is 14.2 Å². The first-order valence-corrected chi connectivity index (χ1v) is 9.36. The summed E-state index contributed by atoms with van der Waals surface area (Å²) in [4.78, 5) is 31.3. The average Bonchev–Trinajstić information content (AvgIpc) is 3.27. The lowest BCUT2D eigenvalue weighted by atomic mass is 10.1. The molecule has 0 spiro atoms. The maximum atomic E-state index is 14.7. The zero-order valence-electron chi connectivity index (χ0n) is 16.0. The number of nitrogens with zero attached hydrogens (tertiary/aromatic N) is 3. The van der Waals surface area contributed by atoms with Crippen molar-refractivity contribution in [3.8, 4) is 11.4 Å². The van der Waals surface area contributed by atoms with Gasteiger partial charge in [-0.05, 0) is 36.4 Å². The molecule has 0 atom stereocenters. The lowest BCUT2D eigenvalue weighted by Crippen LogP contribution is -2.29. The number of furan rings is 1. The zero-order valence-corrected chi connectivity index (χ0v) is 16.0. The Morgan fingerprint density at radius 2 is 1.77 bits per heavy atom. The minimum atomic E-state index is -0.541. The van der Waals surface area contributed by atoms with E-state index in [1.165, 1.54) is 16.9 Å². The fourth-order valence-electron chi connectivity index (χ4n) is 3.74. The highest BCUT2D eigenvalue weighted by atomic mass is 19.1. The van der Waals surface area contributed by atoms with E-state index in [1.807, 2.05) is 6.07 Å². The monoisotopic (exact) mass is 401 g/mol. The summed E-state index contributed by atoms with van der Waals surface area (Å²) in [6.07, 6.45) is 1.49. The van der Waals surface area contributed by atoms with Crippen LogP contribution in [0.1, 0.15) is 5.76 Å². The van der Waals surface area contributed by atoms with E-state index in [1.54, 1.807) is 60.1 Å². The number of hydrogen-bond donors (Lipinski definition) is 0. The van der Waals surface area contributed by atoms with Crippen LogP contribution in [0.15, 0.2) is 80.9 Å². The quantitative estimate of drug-likeness (QED) is 0.432. The maximum Gasteiger partial charge on any atom is 0.267 e. The standard InChI is InChI=1S/C23H16FN3O3/c1-26-18-11-5-3-9-16(18)20(28)19-22(26)25-21(15-8-2-4-10-17(15)24)27(23(19)29)13-14-7-6-12-30-14/h2-12H,13H2,1H3. The Balaban J connectivity index is 1.96. The smallest absolute Gasteiger partial charge is 0.267 e. The predicted molar refractivity (Wildman–Crippen MR) is 112 cm³/mol. The molecule has 30 heavy (non-hydrogen) atoms. The number of hydrogen-bond acceptors (Lipinski definition) is 4. The van der Waals surface area contributed by atoms with Crippen molar-refractivity contribution in [3.05, 3.63) is 99.1 Å². The van der Waals surface area contributed by atoms with Gasteiger partial charge in [0.1, 0.15) is 22.8 Å². The minimum absolute atomic E-state index is 0.0222. The lowest BCUT2D eigenvalue weighted by molar-refractivity contribution is 0.490. The number of aromatic nitrogens is 3. The average molecular weight is 401 g/mol. The summed E-state index contributed by atoms with van der Waals surface area (Å²) < 4.78 is 23.0. The molecule has 0 fully saturated rings. The molecule has 2 aromatic carbocycles. The van der Waals surface area contributed by atoms with Crippen molar-refractivity contribution in [2.24, 2.45) is 7.05 Å². The molecule has 0 aliphatic carbocycles. The fraction of sp³-hybridized carbons (Fsp3) is 0.0870. The molecule has 3 aromatic heterocycles. The maximum absolute atomic E-state index is 14.7. The van der Waals surface area contributed by atoms with Crippen LogP contribution in [-0.4, -0.2) is 14.1 Å². The summed E-state index contributed by atoms with van der Waals surface area (Å²) in [6.45, 7) is 0.0222. The number of fused-ring (bicyclic) bond motifs is 2. The molecule has 0 bridgehead atoms. The third-order valence-electron chi connectivity index (χ3n) is 5.21. The van der Waals surface area contributed by atoms with E-state index in [-0.39, 0.29) is 29.0 Å². The SMILES string of the molecule is Cn1c2ccccc2c(=O)c2c(=O)n(Cc3ccco3)c(-c3ccccc3F)nc21. The van der Waals surface area contributed by atoms with Crippen molar-refractivity contribution in [2.45, 2.75) is 6.54 Å². The van der Waals surface area contributed by atoms with Crippen molar-refractivity contribution in [1.82, 2.24) is 14.1 Å². The van der Waals surface area contributed by atoms with Gasteiger partial charge >= 0.3 is 0 Å². The molecular weight excluding hydrogens is 385 g/mol. The number of rotatable bonds is 3. The Bertz CT molecular complexity index is 1530. The lowest BCUT2D eigenvalue weighted by Gasteiger charge is -2.16. The molecule has 3 heterocycles. The van der Waals surface area contributed by atoms with E-state index in [2.05, 4.69) is 4.98 Å². The molecule has 148 valence electrons. The van der Waals surface area contributed by atoms with Gasteiger partial charge in [0.2, 0.25) is 5.43 Å². The molecule has 5 rings (SSSR count). The Kier molecular flexibility index (Phi) is 4.10. The van der Waals surface area contributed by atoms with Crippen LogP contribution in [-0.2, 0) is 13.6 Å². The molecule has 0 N–H and O–H groups in total. The molecule has 0 aliphatic rings. The summed E-state index contributed by atoms with van der Waals surface area (Å²) >= 11 is 0. The van der Waals surface area contributed by atoms with Gasteiger partial charge in [0.15, 0.2) is 5.65 Å². The van der Waals surface area contributed by atoms with Gasteiger partial charge in [-0.15, -0.1) is 0 Å². The fourth-order valence-corrected chi connectivity index (χ4v) is 3.74. The first-order valence-electron chi connectivity index (χ1n) is 9.36. The summed E-state index contributed by atoms with van der Waals surface area (Å²) in [7, 11) is 1.73. The van der Waals surface area contributed by atoms with Crippen LogP contribution >= 0.6 is 0 Å². The molecule has 0 amide bonds. The first kappa shape index (κ1) is 18.1. The van der Waals surface area contributed by atoms with Crippen LogP contribution in [0, 0.1) is 5.82 Å². The van der Waals surface area contributed by atoms with Gasteiger partial charge in [-0.25, -0.2) is 9.37 Å². The van der Waals surface area contributed by atoms with Crippen LogP contribution in [0.25, 0.3) is 33.3 Å². The third kappa shape index (κ3) is 2.67. The molecule has 0 saturated carbocycles. The third-order valence-corrected chi connectivity index (χ3v) is 5.21. The highest BCUT2D eigenvalue weighted by molar-refractivity contribution is 5.91. The van der Waals surface area contributed by atoms with Crippen LogP contribution in [0.3, 0.4) is 0 Å². The zero-order chi connectivity index (χ0) is 20.8. The van der Waals surface area contributed by atoms with Crippen LogP contribution in [0.2, 0.25) is 0 Å². The van der Waals surface area contributed by atoms with Gasteiger partial charge in [-0.1, -0.05) is 24.3 Å². The van der Waals surface area contributed by atoms with Gasteiger partial charge < -0.3 is 8.98 Å². The highest BCUT2D eigenvalue weighted by Gasteiger charge is 2.21. The van der Waals surface area contributed by atoms with E-state index in [0.29, 0.717) is 16.7 Å². The van der Waals surface area contributed by atoms with E-state index < -0.39 is 16.8 Å². The van der Waals surface area contributed by atoms with E-state index in [0.717, 1.165) is 0 Å². The van der Waals surface area contributed by atoms with Crippen molar-refractivity contribution in [1.29, 1.82) is 0 Å². The van der Waals surface area contributed by atoms with Crippen LogP contribution < -0.4 is 11.0 Å².